The van der Waals surface area contributed by atoms with Crippen LogP contribution in [0.5, 0.6) is 0 Å². The largest absolute Gasteiger partial charge is 0.347 e. The molecular weight excluding hydrogens is 462 g/mol. The smallest absolute Gasteiger partial charge is 0.280 e. The first-order chi connectivity index (χ1) is 16.0. The van der Waals surface area contributed by atoms with Crippen LogP contribution in [0.15, 0.2) is 29.4 Å². The number of carbonyl (C=O) groups excluding carboxylic acids is 1. The lowest BCUT2D eigenvalue weighted by molar-refractivity contribution is 0.0920. The number of nitrogens with one attached hydrogen (secondary N) is 1. The molecule has 0 unspecified atom stereocenters. The number of fused-ring (bicyclic) bond motifs is 1. The zero-order valence-corrected chi connectivity index (χ0v) is 19.9. The first-order valence-electron chi connectivity index (χ1n) is 11.0. The number of amides is 1. The highest BCUT2D eigenvalue weighted by Gasteiger charge is 2.29. The zero-order valence-electron chi connectivity index (χ0n) is 18.4. The number of hydrogen-bond acceptors (Lipinski definition) is 8. The molecule has 0 aliphatic heterocycles. The maximum Gasteiger partial charge on any atom is 0.280 e. The van der Waals surface area contributed by atoms with E-state index in [1.807, 2.05) is 6.07 Å². The average Bonchev–Trinajstić information content (AvgIpc) is 3.52. The maximum absolute atomic E-state index is 12.6. The van der Waals surface area contributed by atoms with E-state index in [0.717, 1.165) is 49.0 Å². The molecule has 1 fully saturated rings. The van der Waals surface area contributed by atoms with Gasteiger partial charge in [-0.3, -0.25) is 9.78 Å². The van der Waals surface area contributed by atoms with Crippen LogP contribution in [0.3, 0.4) is 0 Å². The molecule has 1 amide bonds. The fourth-order valence-corrected chi connectivity index (χ4v) is 5.32. The molecule has 0 bridgehead atoms. The molecule has 4 heterocycles. The number of nitrogens with zero attached hydrogens (tertiary/aromatic N) is 6. The van der Waals surface area contributed by atoms with Gasteiger partial charge in [-0.05, 0) is 37.7 Å². The minimum atomic E-state index is -0.168. The van der Waals surface area contributed by atoms with Crippen molar-refractivity contribution >= 4 is 39.9 Å². The van der Waals surface area contributed by atoms with E-state index in [1.165, 1.54) is 23.9 Å². The summed E-state index contributed by atoms with van der Waals surface area (Å²) < 4.78 is 7.74. The van der Waals surface area contributed by atoms with Gasteiger partial charge in [-0.2, -0.15) is 4.98 Å². The lowest BCUT2D eigenvalue weighted by Crippen LogP contribution is -2.39. The van der Waals surface area contributed by atoms with Gasteiger partial charge in [-0.25, -0.2) is 9.97 Å². The Hall–Kier alpha value is -2.85. The summed E-state index contributed by atoms with van der Waals surface area (Å²) in [5, 5.41) is 7.48. The SMILES string of the molecule is CC(C)Cc1nc2cnc(-c3ncon3)cc2n1[C@@H]1CCC[C@H](NC(=O)c2ncc(Cl)s2)C1. The van der Waals surface area contributed by atoms with Gasteiger partial charge in [0.2, 0.25) is 12.2 Å². The van der Waals surface area contributed by atoms with Gasteiger partial charge in [0.05, 0.1) is 17.9 Å². The Morgan fingerprint density at radius 2 is 2.18 bits per heavy atom. The van der Waals surface area contributed by atoms with Crippen LogP contribution in [0.1, 0.15) is 61.2 Å². The number of rotatable bonds is 6. The number of carbonyl (C=O) groups is 1. The number of imidazole rings is 1. The standard InChI is InChI=1S/C22H24ClN7O2S/c1-12(2)6-19-28-16-9-24-15(20-26-11-32-29-20)8-17(16)30(19)14-5-3-4-13(7-14)27-21(31)22-25-10-18(23)33-22/h8-14H,3-7H2,1-2H3,(H,27,31)/t13-,14+/m0/s1. The van der Waals surface area contributed by atoms with Gasteiger partial charge >= 0.3 is 0 Å². The molecule has 0 saturated heterocycles. The third kappa shape index (κ3) is 4.63. The van der Waals surface area contributed by atoms with Gasteiger partial charge in [-0.15, -0.1) is 0 Å². The first-order valence-corrected chi connectivity index (χ1v) is 12.2. The van der Waals surface area contributed by atoms with Gasteiger partial charge in [0, 0.05) is 18.5 Å². The van der Waals surface area contributed by atoms with Crippen molar-refractivity contribution in [3.05, 3.63) is 40.0 Å². The molecule has 0 radical (unpaired) electrons. The van der Waals surface area contributed by atoms with E-state index in [4.69, 9.17) is 21.1 Å². The number of hydrogen-bond donors (Lipinski definition) is 1. The Morgan fingerprint density at radius 1 is 1.30 bits per heavy atom. The molecular formula is C22H24ClN7O2S. The van der Waals surface area contributed by atoms with Gasteiger partial charge in [0.15, 0.2) is 5.01 Å². The van der Waals surface area contributed by atoms with E-state index in [9.17, 15) is 4.79 Å². The molecule has 1 N–H and O–H groups in total. The normalized spacial score (nSPS) is 18.8. The fraction of sp³-hybridized carbons (Fsp3) is 0.455. The predicted octanol–water partition coefficient (Wildman–Crippen LogP) is 4.70. The number of thiazole rings is 1. The summed E-state index contributed by atoms with van der Waals surface area (Å²) in [5.74, 6) is 1.78. The molecule has 9 nitrogen and oxygen atoms in total. The highest BCUT2D eigenvalue weighted by Crippen LogP contribution is 2.34. The Labute approximate surface area is 199 Å². The molecule has 11 heteroatoms. The van der Waals surface area contributed by atoms with E-state index in [1.54, 1.807) is 6.20 Å². The minimum Gasteiger partial charge on any atom is -0.347 e. The molecule has 0 spiro atoms. The van der Waals surface area contributed by atoms with Crippen LogP contribution >= 0.6 is 22.9 Å². The summed E-state index contributed by atoms with van der Waals surface area (Å²) in [6, 6.07) is 2.25. The molecule has 1 saturated carbocycles. The molecule has 172 valence electrons. The van der Waals surface area contributed by atoms with Crippen molar-refractivity contribution < 1.29 is 9.32 Å². The Morgan fingerprint density at radius 3 is 2.91 bits per heavy atom. The Balaban J connectivity index is 1.46. The third-order valence-electron chi connectivity index (χ3n) is 5.85. The Kier molecular flexibility index (Phi) is 6.11. The average molecular weight is 486 g/mol. The molecule has 4 aromatic heterocycles. The van der Waals surface area contributed by atoms with Gasteiger partial charge < -0.3 is 14.4 Å². The molecule has 33 heavy (non-hydrogen) atoms. The number of halogens is 1. The summed E-state index contributed by atoms with van der Waals surface area (Å²) in [6.07, 6.45) is 9.23. The van der Waals surface area contributed by atoms with Gasteiger partial charge in [-0.1, -0.05) is 41.9 Å². The zero-order chi connectivity index (χ0) is 22.9. The van der Waals surface area contributed by atoms with Crippen molar-refractivity contribution in [2.24, 2.45) is 5.92 Å². The summed E-state index contributed by atoms with van der Waals surface area (Å²) in [5.41, 5.74) is 2.50. The van der Waals surface area contributed by atoms with Gasteiger partial charge in [0.1, 0.15) is 21.4 Å². The number of aromatic nitrogens is 6. The summed E-state index contributed by atoms with van der Waals surface area (Å²) in [4.78, 5) is 30.3. The van der Waals surface area contributed by atoms with E-state index in [2.05, 4.69) is 43.8 Å². The van der Waals surface area contributed by atoms with Crippen molar-refractivity contribution in [1.82, 2.24) is 35.0 Å². The van der Waals surface area contributed by atoms with Crippen LogP contribution in [-0.2, 0) is 6.42 Å². The molecule has 2 atom stereocenters. The summed E-state index contributed by atoms with van der Waals surface area (Å²) in [7, 11) is 0. The first kappa shape index (κ1) is 22.0. The second kappa shape index (κ2) is 9.18. The van der Waals surface area contributed by atoms with Crippen LogP contribution in [0.2, 0.25) is 4.34 Å². The van der Waals surface area contributed by atoms with Crippen LogP contribution in [0, 0.1) is 5.92 Å². The summed E-state index contributed by atoms with van der Waals surface area (Å²) >= 11 is 7.14. The van der Waals surface area contributed by atoms with E-state index in [-0.39, 0.29) is 18.0 Å². The van der Waals surface area contributed by atoms with E-state index >= 15 is 0 Å². The van der Waals surface area contributed by atoms with Crippen molar-refractivity contribution in [2.45, 2.75) is 58.0 Å². The molecule has 4 aromatic rings. The van der Waals surface area contributed by atoms with Crippen LogP contribution < -0.4 is 5.32 Å². The van der Waals surface area contributed by atoms with Crippen LogP contribution in [0.4, 0.5) is 0 Å². The highest BCUT2D eigenvalue weighted by atomic mass is 35.5. The van der Waals surface area contributed by atoms with Crippen molar-refractivity contribution in [2.75, 3.05) is 0 Å². The van der Waals surface area contributed by atoms with Crippen LogP contribution in [-0.4, -0.2) is 41.6 Å². The van der Waals surface area contributed by atoms with E-state index in [0.29, 0.717) is 26.8 Å². The molecule has 1 aliphatic rings. The topological polar surface area (TPSA) is 112 Å². The molecule has 5 rings (SSSR count). The second-order valence-electron chi connectivity index (χ2n) is 8.77. The monoisotopic (exact) mass is 485 g/mol. The van der Waals surface area contributed by atoms with Crippen molar-refractivity contribution in [3.63, 3.8) is 0 Å². The third-order valence-corrected chi connectivity index (χ3v) is 6.96. The lowest BCUT2D eigenvalue weighted by atomic mass is 9.90. The van der Waals surface area contributed by atoms with Crippen molar-refractivity contribution in [1.29, 1.82) is 0 Å². The maximum atomic E-state index is 12.6. The minimum absolute atomic E-state index is 0.0572. The van der Waals surface area contributed by atoms with Crippen molar-refractivity contribution in [3.8, 4) is 11.5 Å². The van der Waals surface area contributed by atoms with E-state index < -0.39 is 0 Å². The van der Waals surface area contributed by atoms with Gasteiger partial charge in [0.25, 0.3) is 5.91 Å². The number of pyridine rings is 1. The molecule has 1 aliphatic carbocycles. The molecule has 0 aromatic carbocycles. The quantitative estimate of drug-likeness (QED) is 0.421. The predicted molar refractivity (Wildman–Crippen MR) is 125 cm³/mol. The second-order valence-corrected chi connectivity index (χ2v) is 10.4. The highest BCUT2D eigenvalue weighted by molar-refractivity contribution is 7.17. The fourth-order valence-electron chi connectivity index (χ4n) is 4.51. The lowest BCUT2D eigenvalue weighted by Gasteiger charge is -2.32. The van der Waals surface area contributed by atoms with Crippen LogP contribution in [0.25, 0.3) is 22.6 Å². The summed E-state index contributed by atoms with van der Waals surface area (Å²) in [6.45, 7) is 4.38. The Bertz CT molecular complexity index is 1270.